The van der Waals surface area contributed by atoms with Crippen molar-refractivity contribution >= 4 is 68.7 Å². The first-order chi connectivity index (χ1) is 17.9. The van der Waals surface area contributed by atoms with Gasteiger partial charge in [-0.1, -0.05) is 41.9 Å². The molecule has 0 atom stereocenters. The Morgan fingerprint density at radius 2 is 1.73 bits per heavy atom. The van der Waals surface area contributed by atoms with E-state index in [0.29, 0.717) is 37.5 Å². The van der Waals surface area contributed by atoms with Gasteiger partial charge in [-0.2, -0.15) is 0 Å². The number of Topliss-reactive ketones (excluding diaryl/α,β-unsaturated/α-hetero) is 1. The molecule has 5 nitrogen and oxygen atoms in total. The maximum absolute atomic E-state index is 13.8. The van der Waals surface area contributed by atoms with Crippen molar-refractivity contribution in [2.24, 2.45) is 0 Å². The van der Waals surface area contributed by atoms with Crippen LogP contribution < -0.4 is 0 Å². The average Bonchev–Trinajstić information content (AvgIpc) is 3.43. The molecule has 0 amide bonds. The summed E-state index contributed by atoms with van der Waals surface area (Å²) in [7, 11) is 0. The molecule has 0 spiro atoms. The van der Waals surface area contributed by atoms with E-state index in [1.807, 2.05) is 47.9 Å². The van der Waals surface area contributed by atoms with Gasteiger partial charge in [0.1, 0.15) is 0 Å². The number of aryl methyl sites for hydroxylation is 1. The second-order valence-corrected chi connectivity index (χ2v) is 11.1. The molecule has 3 heterocycles. The Kier molecular flexibility index (Phi) is 7.20. The lowest BCUT2D eigenvalue weighted by Gasteiger charge is -2.05. The van der Waals surface area contributed by atoms with Crippen molar-refractivity contribution in [3.8, 4) is 0 Å². The number of pyridine rings is 1. The molecular weight excluding hydrogens is 526 g/mol. The molecular formula is C29H22ClNO4S2. The summed E-state index contributed by atoms with van der Waals surface area (Å²) in [5.74, 6) is -0.520. The van der Waals surface area contributed by atoms with Gasteiger partial charge < -0.3 is 9.14 Å². The SMILES string of the molecule is CCOC(=O)c1c2c(C(=O)c3ccc(Cl)cc3)sc(SCC(=O)c3ccccc3)c2n2ccc(C)cc12. The number of ether oxygens (including phenoxy) is 1. The van der Waals surface area contributed by atoms with Gasteiger partial charge in [0.05, 0.1) is 38.0 Å². The summed E-state index contributed by atoms with van der Waals surface area (Å²) in [4.78, 5) is 40.3. The highest BCUT2D eigenvalue weighted by Crippen LogP contribution is 2.44. The fraction of sp³-hybridized carbons (Fsp3) is 0.138. The summed E-state index contributed by atoms with van der Waals surface area (Å²) in [6, 6.07) is 19.6. The van der Waals surface area contributed by atoms with Gasteiger partial charge in [0, 0.05) is 27.7 Å². The Hall–Kier alpha value is -3.39. The van der Waals surface area contributed by atoms with E-state index >= 15 is 0 Å². The molecule has 0 saturated carbocycles. The fourth-order valence-electron chi connectivity index (χ4n) is 4.21. The van der Waals surface area contributed by atoms with Gasteiger partial charge in [-0.15, -0.1) is 23.1 Å². The molecule has 37 heavy (non-hydrogen) atoms. The molecule has 0 bridgehead atoms. The number of fused-ring (bicyclic) bond motifs is 3. The molecule has 0 unspecified atom stereocenters. The Morgan fingerprint density at radius 3 is 2.43 bits per heavy atom. The van der Waals surface area contributed by atoms with Crippen LogP contribution in [0.5, 0.6) is 0 Å². The molecule has 3 aromatic heterocycles. The summed E-state index contributed by atoms with van der Waals surface area (Å²) < 4.78 is 8.13. The Balaban J connectivity index is 1.71. The van der Waals surface area contributed by atoms with E-state index in [0.717, 1.165) is 15.3 Å². The minimum Gasteiger partial charge on any atom is -0.462 e. The normalized spacial score (nSPS) is 11.2. The van der Waals surface area contributed by atoms with Crippen molar-refractivity contribution in [3.05, 3.63) is 105 Å². The third kappa shape index (κ3) is 4.82. The zero-order valence-electron chi connectivity index (χ0n) is 20.1. The summed E-state index contributed by atoms with van der Waals surface area (Å²) in [6.07, 6.45) is 1.89. The summed E-state index contributed by atoms with van der Waals surface area (Å²) in [5, 5.41) is 1.07. The number of aromatic nitrogens is 1. The molecule has 5 aromatic rings. The third-order valence-electron chi connectivity index (χ3n) is 5.93. The molecule has 0 N–H and O–H groups in total. The first-order valence-electron chi connectivity index (χ1n) is 11.6. The van der Waals surface area contributed by atoms with Gasteiger partial charge in [0.2, 0.25) is 5.78 Å². The van der Waals surface area contributed by atoms with E-state index in [9.17, 15) is 14.4 Å². The van der Waals surface area contributed by atoms with Crippen molar-refractivity contribution in [2.45, 2.75) is 18.1 Å². The monoisotopic (exact) mass is 547 g/mol. The zero-order valence-corrected chi connectivity index (χ0v) is 22.5. The second-order valence-electron chi connectivity index (χ2n) is 8.41. The van der Waals surface area contributed by atoms with Crippen LogP contribution in [-0.2, 0) is 4.74 Å². The highest BCUT2D eigenvalue weighted by molar-refractivity contribution is 8.02. The van der Waals surface area contributed by atoms with E-state index in [1.165, 1.54) is 23.1 Å². The minimum atomic E-state index is -0.486. The number of esters is 1. The molecule has 0 fully saturated rings. The predicted octanol–water partition coefficient (Wildman–Crippen LogP) is 7.50. The minimum absolute atomic E-state index is 0.0138. The van der Waals surface area contributed by atoms with Gasteiger partial charge in [-0.3, -0.25) is 9.59 Å². The molecule has 2 aromatic carbocycles. The van der Waals surface area contributed by atoms with Gasteiger partial charge in [0.15, 0.2) is 5.78 Å². The lowest BCUT2D eigenvalue weighted by molar-refractivity contribution is 0.0530. The van der Waals surface area contributed by atoms with E-state index < -0.39 is 5.97 Å². The molecule has 8 heteroatoms. The molecule has 0 aliphatic heterocycles. The van der Waals surface area contributed by atoms with Crippen LogP contribution in [0, 0.1) is 6.92 Å². The van der Waals surface area contributed by atoms with Crippen LogP contribution in [0.25, 0.3) is 16.4 Å². The number of thioether (sulfide) groups is 1. The van der Waals surface area contributed by atoms with Gasteiger partial charge in [-0.25, -0.2) is 4.79 Å². The number of halogens is 1. The van der Waals surface area contributed by atoms with Crippen molar-refractivity contribution in [1.29, 1.82) is 0 Å². The Morgan fingerprint density at radius 1 is 1.00 bits per heavy atom. The van der Waals surface area contributed by atoms with Crippen molar-refractivity contribution in [2.75, 3.05) is 12.4 Å². The number of ketones is 2. The Labute approximate surface area is 227 Å². The van der Waals surface area contributed by atoms with Crippen molar-refractivity contribution in [3.63, 3.8) is 0 Å². The van der Waals surface area contributed by atoms with E-state index in [2.05, 4.69) is 0 Å². The highest BCUT2D eigenvalue weighted by Gasteiger charge is 2.30. The van der Waals surface area contributed by atoms with Gasteiger partial charge in [0.25, 0.3) is 0 Å². The average molecular weight is 548 g/mol. The number of carbonyl (C=O) groups excluding carboxylic acids is 3. The maximum Gasteiger partial charge on any atom is 0.341 e. The van der Waals surface area contributed by atoms with Crippen molar-refractivity contribution < 1.29 is 19.1 Å². The summed E-state index contributed by atoms with van der Waals surface area (Å²) in [5.41, 5.74) is 3.81. The lowest BCUT2D eigenvalue weighted by Crippen LogP contribution is -2.06. The van der Waals surface area contributed by atoms with Crippen LogP contribution in [0.2, 0.25) is 5.02 Å². The van der Waals surface area contributed by atoms with Crippen molar-refractivity contribution in [1.82, 2.24) is 4.40 Å². The van der Waals surface area contributed by atoms with Crippen LogP contribution in [0.15, 0.2) is 77.1 Å². The quantitative estimate of drug-likeness (QED) is 0.114. The molecule has 0 aliphatic rings. The molecule has 0 saturated heterocycles. The maximum atomic E-state index is 13.8. The molecule has 0 radical (unpaired) electrons. The third-order valence-corrected chi connectivity index (χ3v) is 8.62. The van der Waals surface area contributed by atoms with E-state index in [-0.39, 0.29) is 23.9 Å². The van der Waals surface area contributed by atoms with E-state index in [1.54, 1.807) is 43.3 Å². The fourth-order valence-corrected chi connectivity index (χ4v) is 6.76. The van der Waals surface area contributed by atoms with E-state index in [4.69, 9.17) is 16.3 Å². The largest absolute Gasteiger partial charge is 0.462 e. The van der Waals surface area contributed by atoms with Crippen LogP contribution in [0.1, 0.15) is 48.4 Å². The number of rotatable bonds is 8. The van der Waals surface area contributed by atoms with Gasteiger partial charge >= 0.3 is 5.97 Å². The molecule has 0 aliphatic carbocycles. The number of thiophene rings is 1. The first kappa shape index (κ1) is 25.3. The van der Waals surface area contributed by atoms with Crippen LogP contribution in [0.3, 0.4) is 0 Å². The number of hydrogen-bond donors (Lipinski definition) is 0. The predicted molar refractivity (Wildman–Crippen MR) is 150 cm³/mol. The zero-order chi connectivity index (χ0) is 26.1. The molecule has 186 valence electrons. The van der Waals surface area contributed by atoms with Crippen LogP contribution >= 0.6 is 34.7 Å². The standard InChI is InChI=1S/C29H22ClNO4S2/c1-3-35-28(34)23-21-15-17(2)13-14-31(21)25-24(23)27(26(33)19-9-11-20(30)12-10-19)37-29(25)36-16-22(32)18-7-5-4-6-8-18/h4-15H,3,16H2,1-2H3. The Bertz CT molecular complexity index is 1650. The summed E-state index contributed by atoms with van der Waals surface area (Å²) in [6.45, 7) is 3.91. The number of hydrogen-bond acceptors (Lipinski definition) is 6. The second kappa shape index (κ2) is 10.5. The van der Waals surface area contributed by atoms with Crippen LogP contribution in [-0.4, -0.2) is 34.3 Å². The number of carbonyl (C=O) groups is 3. The number of benzene rings is 2. The lowest BCUT2D eigenvalue weighted by atomic mass is 10.1. The molecule has 5 rings (SSSR count). The topological polar surface area (TPSA) is 64.9 Å². The van der Waals surface area contributed by atoms with Crippen LogP contribution in [0.4, 0.5) is 0 Å². The smallest absolute Gasteiger partial charge is 0.341 e. The summed E-state index contributed by atoms with van der Waals surface area (Å²) >= 11 is 8.71. The van der Waals surface area contributed by atoms with Gasteiger partial charge in [-0.05, 0) is 55.8 Å². The first-order valence-corrected chi connectivity index (χ1v) is 13.8. The number of nitrogens with zero attached hydrogens (tertiary/aromatic N) is 1. The highest BCUT2D eigenvalue weighted by atomic mass is 35.5.